The number of allylic oxidation sites excluding steroid dienone is 1. The van der Waals surface area contributed by atoms with E-state index in [9.17, 15) is 0 Å². The molecule has 0 aliphatic heterocycles. The van der Waals surface area contributed by atoms with Crippen LogP contribution in [0.2, 0.25) is 0 Å². The van der Waals surface area contributed by atoms with Gasteiger partial charge < -0.3 is 4.98 Å². The molecule has 1 aromatic heterocycles. The van der Waals surface area contributed by atoms with Crippen molar-refractivity contribution in [3.63, 3.8) is 0 Å². The lowest BCUT2D eigenvalue weighted by Gasteiger charge is -1.46. The van der Waals surface area contributed by atoms with Crippen molar-refractivity contribution in [1.29, 1.82) is 0 Å². The minimum absolute atomic E-state index is 0.639. The van der Waals surface area contributed by atoms with Crippen molar-refractivity contribution in [2.75, 3.05) is 0 Å². The standard InChI is InChI=1S/C3H4N2.C3H4O/c1-2-5-3-4-1;1-2-3-4/h1-3H,(H,4,5);2-3H,1H2. The van der Waals surface area contributed by atoms with Crippen LogP contribution >= 0.6 is 0 Å². The van der Waals surface area contributed by atoms with Crippen LogP contribution in [-0.4, -0.2) is 16.3 Å². The SMILES string of the molecule is C=CC=O.c1c[nH]cn1. The van der Waals surface area contributed by atoms with Gasteiger partial charge in [0, 0.05) is 12.4 Å². The summed E-state index contributed by atoms with van der Waals surface area (Å²) >= 11 is 0. The van der Waals surface area contributed by atoms with E-state index in [-0.39, 0.29) is 0 Å². The third-order valence-corrected chi connectivity index (χ3v) is 0.502. The van der Waals surface area contributed by atoms with E-state index >= 15 is 0 Å². The van der Waals surface area contributed by atoms with Gasteiger partial charge in [-0.3, -0.25) is 4.79 Å². The molecule has 0 aromatic carbocycles. The molecule has 1 rings (SSSR count). The zero-order chi connectivity index (χ0) is 6.95. The molecule has 9 heavy (non-hydrogen) atoms. The van der Waals surface area contributed by atoms with Crippen molar-refractivity contribution in [3.05, 3.63) is 31.4 Å². The largest absolute Gasteiger partial charge is 0.351 e. The number of hydrogen-bond acceptors (Lipinski definition) is 2. The molecule has 3 heteroatoms. The van der Waals surface area contributed by atoms with Crippen LogP contribution in [0.1, 0.15) is 0 Å². The minimum Gasteiger partial charge on any atom is -0.351 e. The maximum atomic E-state index is 9.06. The number of carbonyl (C=O) groups is 1. The molecule has 0 atom stereocenters. The second-order valence-electron chi connectivity index (χ2n) is 1.13. The third-order valence-electron chi connectivity index (χ3n) is 0.502. The van der Waals surface area contributed by atoms with Crippen molar-refractivity contribution in [3.8, 4) is 0 Å². The molecular weight excluding hydrogens is 116 g/mol. The van der Waals surface area contributed by atoms with Gasteiger partial charge in [-0.1, -0.05) is 6.58 Å². The van der Waals surface area contributed by atoms with Crippen LogP contribution in [-0.2, 0) is 4.79 Å². The molecular formula is C6H8N2O. The Kier molecular flexibility index (Phi) is 5.60. The summed E-state index contributed by atoms with van der Waals surface area (Å²) in [5, 5.41) is 0. The van der Waals surface area contributed by atoms with Crippen molar-refractivity contribution >= 4 is 6.29 Å². The number of carbonyl (C=O) groups excluding carboxylic acids is 1. The summed E-state index contributed by atoms with van der Waals surface area (Å²) < 4.78 is 0. The van der Waals surface area contributed by atoms with Crippen LogP contribution in [0, 0.1) is 0 Å². The van der Waals surface area contributed by atoms with E-state index in [0.29, 0.717) is 6.29 Å². The molecule has 0 aliphatic rings. The summed E-state index contributed by atoms with van der Waals surface area (Å²) in [5.41, 5.74) is 0. The first-order valence-electron chi connectivity index (χ1n) is 2.40. The van der Waals surface area contributed by atoms with Crippen LogP contribution < -0.4 is 0 Å². The van der Waals surface area contributed by atoms with Crippen LogP contribution in [0.15, 0.2) is 31.4 Å². The van der Waals surface area contributed by atoms with Crippen LogP contribution in [0.3, 0.4) is 0 Å². The first-order chi connectivity index (χ1) is 4.41. The van der Waals surface area contributed by atoms with Gasteiger partial charge in [-0.2, -0.15) is 0 Å². The van der Waals surface area contributed by atoms with Crippen molar-refractivity contribution in [2.24, 2.45) is 0 Å². The number of aromatic amines is 1. The lowest BCUT2D eigenvalue weighted by Crippen LogP contribution is -1.44. The second-order valence-corrected chi connectivity index (χ2v) is 1.13. The van der Waals surface area contributed by atoms with Crippen LogP contribution in [0.4, 0.5) is 0 Å². The Hall–Kier alpha value is -1.38. The predicted molar refractivity (Wildman–Crippen MR) is 34.8 cm³/mol. The van der Waals surface area contributed by atoms with Gasteiger partial charge in [-0.25, -0.2) is 4.98 Å². The lowest BCUT2D eigenvalue weighted by atomic mass is 10.8. The summed E-state index contributed by atoms with van der Waals surface area (Å²) in [6, 6.07) is 0. The monoisotopic (exact) mass is 124 g/mol. The van der Waals surface area contributed by atoms with Crippen molar-refractivity contribution < 1.29 is 4.79 Å². The summed E-state index contributed by atoms with van der Waals surface area (Å²) in [4.78, 5) is 15.5. The maximum absolute atomic E-state index is 9.06. The molecule has 0 bridgehead atoms. The Morgan fingerprint density at radius 1 is 1.67 bits per heavy atom. The molecule has 3 nitrogen and oxygen atoms in total. The van der Waals surface area contributed by atoms with Gasteiger partial charge in [0.05, 0.1) is 6.33 Å². The van der Waals surface area contributed by atoms with Crippen LogP contribution in [0.25, 0.3) is 0 Å². The smallest absolute Gasteiger partial charge is 0.142 e. The van der Waals surface area contributed by atoms with E-state index in [4.69, 9.17) is 4.79 Å². The van der Waals surface area contributed by atoms with Crippen molar-refractivity contribution in [1.82, 2.24) is 9.97 Å². The molecule has 0 saturated heterocycles. The molecule has 0 unspecified atom stereocenters. The van der Waals surface area contributed by atoms with Gasteiger partial charge in [-0.15, -0.1) is 0 Å². The highest BCUT2D eigenvalue weighted by Crippen LogP contribution is 1.62. The summed E-state index contributed by atoms with van der Waals surface area (Å²) in [6.07, 6.45) is 6.92. The van der Waals surface area contributed by atoms with Gasteiger partial charge in [-0.05, 0) is 6.08 Å². The Morgan fingerprint density at radius 3 is 2.44 bits per heavy atom. The number of aromatic nitrogens is 2. The maximum Gasteiger partial charge on any atom is 0.142 e. The van der Waals surface area contributed by atoms with E-state index < -0.39 is 0 Å². The Bertz CT molecular complexity index is 123. The van der Waals surface area contributed by atoms with E-state index in [2.05, 4.69) is 16.5 Å². The lowest BCUT2D eigenvalue weighted by molar-refractivity contribution is -0.104. The Balaban J connectivity index is 0.000000148. The number of H-pyrrole nitrogens is 1. The first-order valence-corrected chi connectivity index (χ1v) is 2.40. The quantitative estimate of drug-likeness (QED) is 0.444. The van der Waals surface area contributed by atoms with E-state index in [1.54, 1.807) is 18.7 Å². The predicted octanol–water partition coefficient (Wildman–Crippen LogP) is 0.781. The Labute approximate surface area is 53.4 Å². The highest BCUT2D eigenvalue weighted by atomic mass is 16.1. The zero-order valence-corrected chi connectivity index (χ0v) is 4.95. The number of imidazole rings is 1. The Morgan fingerprint density at radius 2 is 2.33 bits per heavy atom. The average Bonchev–Trinajstić information content (AvgIpc) is 2.43. The molecule has 1 heterocycles. The number of nitrogens with one attached hydrogen (secondary N) is 1. The minimum atomic E-state index is 0.639. The van der Waals surface area contributed by atoms with E-state index in [0.717, 1.165) is 0 Å². The third kappa shape index (κ3) is 6.62. The molecule has 1 N–H and O–H groups in total. The topological polar surface area (TPSA) is 45.8 Å². The van der Waals surface area contributed by atoms with Gasteiger partial charge in [0.1, 0.15) is 6.29 Å². The molecule has 0 fully saturated rings. The molecule has 0 amide bonds. The molecule has 0 aliphatic carbocycles. The highest BCUT2D eigenvalue weighted by molar-refractivity contribution is 5.63. The number of hydrogen-bond donors (Lipinski definition) is 1. The van der Waals surface area contributed by atoms with Gasteiger partial charge in [0.2, 0.25) is 0 Å². The van der Waals surface area contributed by atoms with Crippen LogP contribution in [0.5, 0.6) is 0 Å². The fraction of sp³-hybridized carbons (Fsp3) is 0. The number of rotatable bonds is 1. The summed E-state index contributed by atoms with van der Waals surface area (Å²) in [7, 11) is 0. The molecule has 0 radical (unpaired) electrons. The van der Waals surface area contributed by atoms with Gasteiger partial charge in [0.15, 0.2) is 0 Å². The van der Waals surface area contributed by atoms with Gasteiger partial charge in [0.25, 0.3) is 0 Å². The molecule has 0 saturated carbocycles. The fourth-order valence-corrected chi connectivity index (χ4v) is 0.215. The molecule has 0 spiro atoms. The van der Waals surface area contributed by atoms with E-state index in [1.165, 1.54) is 6.08 Å². The number of aldehydes is 1. The molecule has 48 valence electrons. The highest BCUT2D eigenvalue weighted by Gasteiger charge is 1.56. The van der Waals surface area contributed by atoms with Crippen molar-refractivity contribution in [2.45, 2.75) is 0 Å². The number of nitrogens with zero attached hydrogens (tertiary/aromatic N) is 1. The van der Waals surface area contributed by atoms with Gasteiger partial charge >= 0.3 is 0 Å². The summed E-state index contributed by atoms with van der Waals surface area (Å²) in [5.74, 6) is 0. The normalized spacial score (nSPS) is 6.67. The molecule has 1 aromatic rings. The second kappa shape index (κ2) is 6.62. The zero-order valence-electron chi connectivity index (χ0n) is 4.95. The average molecular weight is 124 g/mol. The summed E-state index contributed by atoms with van der Waals surface area (Å²) in [6.45, 7) is 3.11. The fourth-order valence-electron chi connectivity index (χ4n) is 0.215. The first kappa shape index (κ1) is 7.62. The van der Waals surface area contributed by atoms with E-state index in [1.807, 2.05) is 0 Å².